The average molecular weight is 383 g/mol. The van der Waals surface area contributed by atoms with Crippen molar-refractivity contribution in [2.24, 2.45) is 0 Å². The number of nitrogens with zero attached hydrogens (tertiary/aromatic N) is 3. The fourth-order valence-electron chi connectivity index (χ4n) is 2.18. The minimum atomic E-state index is -2.75. The number of benzene rings is 1. The number of pyridine rings is 1. The third-order valence-corrected chi connectivity index (χ3v) is 4.68. The molecule has 0 fully saturated rings. The van der Waals surface area contributed by atoms with Crippen LogP contribution in [0.3, 0.4) is 0 Å². The molecule has 0 radical (unpaired) electrons. The van der Waals surface area contributed by atoms with Crippen LogP contribution in [0.1, 0.15) is 13.5 Å². The summed E-state index contributed by atoms with van der Waals surface area (Å²) in [6, 6.07) is 9.77. The van der Waals surface area contributed by atoms with Gasteiger partial charge < -0.3 is 5.32 Å². The highest BCUT2D eigenvalue weighted by Gasteiger charge is 2.23. The quantitative estimate of drug-likeness (QED) is 0.655. The molecule has 25 heavy (non-hydrogen) atoms. The minimum absolute atomic E-state index is 0.0860. The summed E-state index contributed by atoms with van der Waals surface area (Å²) in [5.41, 5.74) is 0.782. The Balaban J connectivity index is 1.79. The van der Waals surface area contributed by atoms with Crippen molar-refractivity contribution >= 4 is 46.1 Å². The molecule has 0 aliphatic heterocycles. The zero-order valence-electron chi connectivity index (χ0n) is 13.0. The highest BCUT2D eigenvalue weighted by atomic mass is 35.5. The second-order valence-electron chi connectivity index (χ2n) is 5.14. The molecule has 1 atom stereocenters. The van der Waals surface area contributed by atoms with Crippen LogP contribution < -0.4 is 5.32 Å². The Kier molecular flexibility index (Phi) is 5.19. The lowest BCUT2D eigenvalue weighted by Gasteiger charge is -2.12. The number of nitrogens with one attached hydrogen (secondary N) is 1. The predicted octanol–water partition coefficient (Wildman–Crippen LogP) is 4.60. The van der Waals surface area contributed by atoms with Gasteiger partial charge in [0.2, 0.25) is 5.91 Å². The minimum Gasteiger partial charge on any atom is -0.310 e. The maximum absolute atomic E-state index is 13.4. The number of para-hydroxylation sites is 2. The molecule has 0 bridgehead atoms. The topological polar surface area (TPSA) is 59.8 Å². The number of carbonyl (C=O) groups is 1. The lowest BCUT2D eigenvalue weighted by atomic mass is 10.3. The van der Waals surface area contributed by atoms with Crippen LogP contribution >= 0.6 is 23.4 Å². The summed E-state index contributed by atoms with van der Waals surface area (Å²) in [6.45, 7) is -1.13. The Bertz CT molecular complexity index is 901. The molecule has 1 unspecified atom stereocenters. The van der Waals surface area contributed by atoms with E-state index in [1.165, 1.54) is 6.20 Å². The van der Waals surface area contributed by atoms with E-state index in [2.05, 4.69) is 15.3 Å². The molecular weight excluding hydrogens is 370 g/mol. The molecule has 0 aliphatic carbocycles. The van der Waals surface area contributed by atoms with Crippen molar-refractivity contribution in [3.8, 4) is 0 Å². The zero-order valence-corrected chi connectivity index (χ0v) is 14.6. The number of amides is 1. The number of rotatable bonds is 5. The SMILES string of the molecule is CC(Sc1nc2ccccc2n1C(F)F)C(=O)Nc1ccc(Cl)cn1. The number of imidazole rings is 1. The van der Waals surface area contributed by atoms with Crippen LogP contribution in [0.25, 0.3) is 11.0 Å². The first-order valence-corrected chi connectivity index (χ1v) is 8.55. The molecule has 3 aromatic rings. The van der Waals surface area contributed by atoms with Crippen molar-refractivity contribution in [2.45, 2.75) is 23.9 Å². The van der Waals surface area contributed by atoms with E-state index < -0.39 is 11.8 Å². The molecule has 9 heteroatoms. The van der Waals surface area contributed by atoms with Crippen LogP contribution in [0, 0.1) is 0 Å². The van der Waals surface area contributed by atoms with Crippen LogP contribution in [-0.2, 0) is 4.79 Å². The monoisotopic (exact) mass is 382 g/mol. The van der Waals surface area contributed by atoms with Gasteiger partial charge >= 0.3 is 6.55 Å². The number of anilines is 1. The summed E-state index contributed by atoms with van der Waals surface area (Å²) >= 11 is 6.70. The molecular formula is C16H13ClF2N4OS. The first-order chi connectivity index (χ1) is 12.0. The molecule has 1 aromatic carbocycles. The van der Waals surface area contributed by atoms with Crippen LogP contribution in [-0.4, -0.2) is 25.7 Å². The molecule has 1 N–H and O–H groups in total. The average Bonchev–Trinajstić information content (AvgIpc) is 2.94. The van der Waals surface area contributed by atoms with Gasteiger partial charge in [0.25, 0.3) is 0 Å². The number of alkyl halides is 2. The molecule has 0 spiro atoms. The highest BCUT2D eigenvalue weighted by Crippen LogP contribution is 2.31. The highest BCUT2D eigenvalue weighted by molar-refractivity contribution is 8.00. The van der Waals surface area contributed by atoms with Crippen LogP contribution in [0.5, 0.6) is 0 Å². The number of thioether (sulfide) groups is 1. The van der Waals surface area contributed by atoms with Gasteiger partial charge in [-0.25, -0.2) is 9.97 Å². The summed E-state index contributed by atoms with van der Waals surface area (Å²) in [5.74, 6) is -0.0306. The molecule has 2 aromatic heterocycles. The Hall–Kier alpha value is -2.19. The molecule has 130 valence electrons. The molecule has 0 saturated carbocycles. The Morgan fingerprint density at radius 2 is 2.04 bits per heavy atom. The maximum Gasteiger partial charge on any atom is 0.321 e. The van der Waals surface area contributed by atoms with E-state index in [9.17, 15) is 13.6 Å². The summed E-state index contributed by atoms with van der Waals surface area (Å²) in [7, 11) is 0. The summed E-state index contributed by atoms with van der Waals surface area (Å²) < 4.78 is 27.7. The Morgan fingerprint density at radius 3 is 2.72 bits per heavy atom. The lowest BCUT2D eigenvalue weighted by molar-refractivity contribution is -0.115. The molecule has 3 rings (SSSR count). The van der Waals surface area contributed by atoms with Gasteiger partial charge in [0.05, 0.1) is 21.3 Å². The van der Waals surface area contributed by atoms with Gasteiger partial charge in [-0.2, -0.15) is 8.78 Å². The largest absolute Gasteiger partial charge is 0.321 e. The number of carbonyl (C=O) groups excluding carboxylic acids is 1. The molecule has 0 aliphatic rings. The van der Waals surface area contributed by atoms with Gasteiger partial charge in [-0.05, 0) is 31.2 Å². The number of hydrogen-bond donors (Lipinski definition) is 1. The summed E-state index contributed by atoms with van der Waals surface area (Å²) in [4.78, 5) is 20.5. The predicted molar refractivity (Wildman–Crippen MR) is 94.2 cm³/mol. The lowest BCUT2D eigenvalue weighted by Crippen LogP contribution is -2.23. The molecule has 0 saturated heterocycles. The first kappa shape index (κ1) is 17.6. The van der Waals surface area contributed by atoms with Gasteiger partial charge in [0.15, 0.2) is 5.16 Å². The second-order valence-corrected chi connectivity index (χ2v) is 6.89. The van der Waals surface area contributed by atoms with E-state index in [1.54, 1.807) is 43.3 Å². The van der Waals surface area contributed by atoms with Gasteiger partial charge in [-0.3, -0.25) is 9.36 Å². The van der Waals surface area contributed by atoms with Crippen LogP contribution in [0.2, 0.25) is 5.02 Å². The first-order valence-electron chi connectivity index (χ1n) is 7.30. The number of aromatic nitrogens is 3. The Morgan fingerprint density at radius 1 is 1.28 bits per heavy atom. The molecule has 2 heterocycles. The third-order valence-electron chi connectivity index (χ3n) is 3.39. The van der Waals surface area contributed by atoms with E-state index >= 15 is 0 Å². The van der Waals surface area contributed by atoms with Crippen molar-refractivity contribution < 1.29 is 13.6 Å². The Labute approximate surface area is 151 Å². The summed E-state index contributed by atoms with van der Waals surface area (Å²) in [5, 5.41) is 2.51. The van der Waals surface area contributed by atoms with E-state index in [0.29, 0.717) is 21.9 Å². The summed E-state index contributed by atoms with van der Waals surface area (Å²) in [6.07, 6.45) is 1.41. The standard InChI is InChI=1S/C16H13ClF2N4OS/c1-9(14(24)22-13-7-6-10(17)8-20-13)25-16-21-11-4-2-3-5-12(11)23(16)15(18)19/h2-9,15H,1H3,(H,20,22,24). The van der Waals surface area contributed by atoms with E-state index in [4.69, 9.17) is 11.6 Å². The van der Waals surface area contributed by atoms with Crippen molar-refractivity contribution in [1.29, 1.82) is 0 Å². The van der Waals surface area contributed by atoms with E-state index in [-0.39, 0.29) is 11.1 Å². The number of halogens is 3. The smallest absolute Gasteiger partial charge is 0.310 e. The van der Waals surface area contributed by atoms with Crippen molar-refractivity contribution in [3.63, 3.8) is 0 Å². The van der Waals surface area contributed by atoms with Gasteiger partial charge in [-0.1, -0.05) is 35.5 Å². The second kappa shape index (κ2) is 7.37. The third kappa shape index (κ3) is 3.91. The zero-order chi connectivity index (χ0) is 18.0. The fourth-order valence-corrected chi connectivity index (χ4v) is 3.22. The maximum atomic E-state index is 13.4. The van der Waals surface area contributed by atoms with Gasteiger partial charge in [-0.15, -0.1) is 0 Å². The van der Waals surface area contributed by atoms with Crippen molar-refractivity contribution in [3.05, 3.63) is 47.6 Å². The molecule has 1 amide bonds. The van der Waals surface area contributed by atoms with Crippen molar-refractivity contribution in [1.82, 2.24) is 14.5 Å². The molecule has 5 nitrogen and oxygen atoms in total. The van der Waals surface area contributed by atoms with Gasteiger partial charge in [0, 0.05) is 6.20 Å². The van der Waals surface area contributed by atoms with Crippen molar-refractivity contribution in [2.75, 3.05) is 5.32 Å². The van der Waals surface area contributed by atoms with Crippen LogP contribution in [0.4, 0.5) is 14.6 Å². The van der Waals surface area contributed by atoms with E-state index in [1.807, 2.05) is 0 Å². The number of fused-ring (bicyclic) bond motifs is 1. The van der Waals surface area contributed by atoms with Gasteiger partial charge in [0.1, 0.15) is 5.82 Å². The normalized spacial score (nSPS) is 12.5. The fraction of sp³-hybridized carbons (Fsp3) is 0.188. The number of hydrogen-bond acceptors (Lipinski definition) is 4. The van der Waals surface area contributed by atoms with E-state index in [0.717, 1.165) is 16.3 Å². The van der Waals surface area contributed by atoms with Crippen LogP contribution in [0.15, 0.2) is 47.8 Å².